The Hall–Kier alpha value is -3.78. The van der Waals surface area contributed by atoms with Gasteiger partial charge in [-0.05, 0) is 51.9 Å². The molecule has 2 N–H and O–H groups in total. The number of aryl methyl sites for hydroxylation is 1. The summed E-state index contributed by atoms with van der Waals surface area (Å²) >= 11 is 0. The van der Waals surface area contributed by atoms with Gasteiger partial charge in [-0.15, -0.1) is 0 Å². The normalized spacial score (nSPS) is 18.8. The Morgan fingerprint density at radius 3 is 2.59 bits per heavy atom. The molecule has 6 rings (SSSR count). The van der Waals surface area contributed by atoms with Gasteiger partial charge in [0, 0.05) is 25.7 Å². The van der Waals surface area contributed by atoms with Crippen molar-refractivity contribution in [1.82, 2.24) is 34.6 Å². The molecular formula is C27H31F4N9O. The maximum absolute atomic E-state index is 14.8. The Kier molecular flexibility index (Phi) is 7.06. The minimum absolute atomic E-state index is 0.0719. The van der Waals surface area contributed by atoms with Crippen LogP contribution in [0.3, 0.4) is 0 Å². The highest BCUT2D eigenvalue weighted by molar-refractivity contribution is 5.81. The van der Waals surface area contributed by atoms with Crippen LogP contribution in [0, 0.1) is 12.7 Å². The van der Waals surface area contributed by atoms with Gasteiger partial charge in [0.25, 0.3) is 0 Å². The maximum Gasteiger partial charge on any atom is 0.433 e. The second kappa shape index (κ2) is 10.6. The number of benzene rings is 1. The zero-order valence-corrected chi connectivity index (χ0v) is 23.0. The number of rotatable bonds is 5. The average Bonchev–Trinajstić information content (AvgIpc) is 3.50. The van der Waals surface area contributed by atoms with E-state index in [0.29, 0.717) is 68.5 Å². The number of halogens is 4. The molecule has 0 radical (unpaired) electrons. The summed E-state index contributed by atoms with van der Waals surface area (Å²) in [4.78, 5) is 16.0. The third-order valence-corrected chi connectivity index (χ3v) is 7.67. The maximum atomic E-state index is 14.8. The van der Waals surface area contributed by atoms with Crippen LogP contribution in [-0.2, 0) is 10.9 Å². The van der Waals surface area contributed by atoms with E-state index < -0.39 is 17.7 Å². The standard InChI is InChI=1S/C27H31F4N9O/c1-15-14-41-11-10-38(15)22-13-20(23-16(2)37-40(24(23)27(29,30)31)18-6-8-33-9-7-18)35-26(36-22)39-21-5-4-17(28)12-19(21)34-25(39)32-3/h4-5,12-13,15,18,33H,6-11,14H2,1-3H3,(H,32,34)/t15-/m1/s1. The smallest absolute Gasteiger partial charge is 0.377 e. The minimum atomic E-state index is -4.67. The van der Waals surface area contributed by atoms with Gasteiger partial charge in [-0.25, -0.2) is 18.9 Å². The van der Waals surface area contributed by atoms with E-state index in [9.17, 15) is 17.6 Å². The lowest BCUT2D eigenvalue weighted by atomic mass is 10.0. The molecule has 0 aliphatic carbocycles. The van der Waals surface area contributed by atoms with Gasteiger partial charge in [-0.1, -0.05) is 0 Å². The van der Waals surface area contributed by atoms with Gasteiger partial charge in [0.1, 0.15) is 11.6 Å². The molecule has 1 aromatic carbocycles. The lowest BCUT2D eigenvalue weighted by Crippen LogP contribution is -2.44. The highest BCUT2D eigenvalue weighted by atomic mass is 19.4. The van der Waals surface area contributed by atoms with Crippen LogP contribution in [0.1, 0.15) is 37.2 Å². The molecule has 41 heavy (non-hydrogen) atoms. The summed E-state index contributed by atoms with van der Waals surface area (Å²) in [5.41, 5.74) is 0.289. The molecular weight excluding hydrogens is 542 g/mol. The quantitative estimate of drug-likeness (QED) is 0.341. The van der Waals surface area contributed by atoms with E-state index in [1.165, 1.54) is 12.1 Å². The second-order valence-corrected chi connectivity index (χ2v) is 10.4. The molecule has 0 unspecified atom stereocenters. The number of ether oxygens (including phenoxy) is 1. The lowest BCUT2D eigenvalue weighted by molar-refractivity contribution is -0.144. The van der Waals surface area contributed by atoms with Crippen molar-refractivity contribution in [3.8, 4) is 17.2 Å². The molecule has 4 aromatic rings. The highest BCUT2D eigenvalue weighted by Crippen LogP contribution is 2.42. The Morgan fingerprint density at radius 1 is 1.10 bits per heavy atom. The number of fused-ring (bicyclic) bond motifs is 1. The summed E-state index contributed by atoms with van der Waals surface area (Å²) in [6.45, 7) is 6.19. The summed E-state index contributed by atoms with van der Waals surface area (Å²) in [7, 11) is 1.65. The van der Waals surface area contributed by atoms with Crippen molar-refractivity contribution in [2.45, 2.75) is 44.9 Å². The van der Waals surface area contributed by atoms with E-state index in [2.05, 4.69) is 20.7 Å². The molecule has 0 amide bonds. The van der Waals surface area contributed by atoms with Crippen molar-refractivity contribution in [3.63, 3.8) is 0 Å². The fourth-order valence-electron chi connectivity index (χ4n) is 5.73. The molecule has 2 aliphatic rings. The van der Waals surface area contributed by atoms with Crippen molar-refractivity contribution in [1.29, 1.82) is 0 Å². The Morgan fingerprint density at radius 2 is 1.88 bits per heavy atom. The third-order valence-electron chi connectivity index (χ3n) is 7.67. The molecule has 2 aliphatic heterocycles. The molecule has 1 atom stereocenters. The highest BCUT2D eigenvalue weighted by Gasteiger charge is 2.42. The summed E-state index contributed by atoms with van der Waals surface area (Å²) in [5, 5.41) is 10.6. The summed E-state index contributed by atoms with van der Waals surface area (Å²) in [5.74, 6) is 0.422. The zero-order valence-electron chi connectivity index (χ0n) is 23.0. The minimum Gasteiger partial charge on any atom is -0.377 e. The third kappa shape index (κ3) is 4.99. The van der Waals surface area contributed by atoms with Crippen molar-refractivity contribution in [3.05, 3.63) is 41.5 Å². The molecule has 10 nitrogen and oxygen atoms in total. The Bertz CT molecular complexity index is 1580. The molecule has 0 saturated carbocycles. The second-order valence-electron chi connectivity index (χ2n) is 10.4. The number of hydrogen-bond donors (Lipinski definition) is 2. The van der Waals surface area contributed by atoms with Crippen LogP contribution < -0.4 is 15.5 Å². The number of piperidine rings is 1. The predicted octanol–water partition coefficient (Wildman–Crippen LogP) is 4.34. The molecule has 2 saturated heterocycles. The fraction of sp³-hybridized carbons (Fsp3) is 0.481. The summed E-state index contributed by atoms with van der Waals surface area (Å²) < 4.78 is 66.8. The van der Waals surface area contributed by atoms with Crippen LogP contribution in [0.4, 0.5) is 29.3 Å². The van der Waals surface area contributed by atoms with E-state index in [4.69, 9.17) is 14.7 Å². The molecule has 3 aromatic heterocycles. The first-order valence-electron chi connectivity index (χ1n) is 13.6. The van der Waals surface area contributed by atoms with Crippen molar-refractivity contribution < 1.29 is 22.3 Å². The van der Waals surface area contributed by atoms with Crippen LogP contribution in [0.5, 0.6) is 0 Å². The number of morpholine rings is 1. The fourth-order valence-corrected chi connectivity index (χ4v) is 5.73. The first-order chi connectivity index (χ1) is 19.7. The number of anilines is 2. The Balaban J connectivity index is 1.61. The van der Waals surface area contributed by atoms with Crippen LogP contribution >= 0.6 is 0 Å². The van der Waals surface area contributed by atoms with Crippen LogP contribution in [0.15, 0.2) is 24.3 Å². The van der Waals surface area contributed by atoms with Crippen molar-refractivity contribution in [2.75, 3.05) is 50.1 Å². The van der Waals surface area contributed by atoms with Gasteiger partial charge < -0.3 is 20.3 Å². The number of hydrogen-bond acceptors (Lipinski definition) is 8. The lowest BCUT2D eigenvalue weighted by Gasteiger charge is -2.34. The van der Waals surface area contributed by atoms with Crippen LogP contribution in [-0.4, -0.2) is 75.2 Å². The molecule has 14 heteroatoms. The van der Waals surface area contributed by atoms with E-state index in [0.717, 1.165) is 4.68 Å². The number of aromatic nitrogens is 6. The average molecular weight is 574 g/mol. The van der Waals surface area contributed by atoms with Gasteiger partial charge in [-0.3, -0.25) is 4.68 Å². The van der Waals surface area contributed by atoms with Gasteiger partial charge >= 0.3 is 6.18 Å². The number of nitrogens with zero attached hydrogens (tertiary/aromatic N) is 7. The zero-order chi connectivity index (χ0) is 28.9. The summed E-state index contributed by atoms with van der Waals surface area (Å²) in [6, 6.07) is 5.27. The predicted molar refractivity (Wildman–Crippen MR) is 146 cm³/mol. The van der Waals surface area contributed by atoms with Gasteiger partial charge in [0.05, 0.1) is 53.3 Å². The van der Waals surface area contributed by atoms with E-state index in [1.54, 1.807) is 30.7 Å². The Labute approximate surface area is 233 Å². The van der Waals surface area contributed by atoms with Crippen molar-refractivity contribution >= 4 is 22.8 Å². The number of nitrogens with one attached hydrogen (secondary N) is 2. The number of imidazole rings is 1. The first-order valence-corrected chi connectivity index (χ1v) is 13.6. The van der Waals surface area contributed by atoms with E-state index in [1.807, 2.05) is 11.8 Å². The van der Waals surface area contributed by atoms with Crippen LogP contribution in [0.2, 0.25) is 0 Å². The summed E-state index contributed by atoms with van der Waals surface area (Å²) in [6.07, 6.45) is -3.59. The van der Waals surface area contributed by atoms with E-state index in [-0.39, 0.29) is 35.0 Å². The largest absolute Gasteiger partial charge is 0.433 e. The first kappa shape index (κ1) is 27.4. The van der Waals surface area contributed by atoms with Crippen LogP contribution in [0.25, 0.3) is 28.2 Å². The number of alkyl halides is 3. The molecule has 0 spiro atoms. The monoisotopic (exact) mass is 573 g/mol. The topological polar surface area (TPSA) is 98.0 Å². The molecule has 2 fully saturated rings. The van der Waals surface area contributed by atoms with Gasteiger partial charge in [-0.2, -0.15) is 23.3 Å². The van der Waals surface area contributed by atoms with Crippen molar-refractivity contribution in [2.24, 2.45) is 0 Å². The van der Waals surface area contributed by atoms with E-state index >= 15 is 0 Å². The van der Waals surface area contributed by atoms with Gasteiger partial charge in [0.15, 0.2) is 5.69 Å². The molecule has 5 heterocycles. The van der Waals surface area contributed by atoms with Gasteiger partial charge in [0.2, 0.25) is 11.9 Å². The molecule has 218 valence electrons. The molecule has 0 bridgehead atoms. The SMILES string of the molecule is CNc1nc2cc(F)ccc2n1-c1nc(-c2c(C)nn(C3CCNCC3)c2C(F)(F)F)cc(N2CCOC[C@H]2C)n1.